The zero-order chi connectivity index (χ0) is 12.3. The van der Waals surface area contributed by atoms with E-state index >= 15 is 0 Å². The fourth-order valence-corrected chi connectivity index (χ4v) is 3.31. The van der Waals surface area contributed by atoms with Crippen molar-refractivity contribution in [3.05, 3.63) is 10.0 Å². The van der Waals surface area contributed by atoms with E-state index in [1.165, 1.54) is 24.2 Å². The second kappa shape index (κ2) is 5.67. The quantitative estimate of drug-likeness (QED) is 0.915. The zero-order valence-corrected chi connectivity index (χ0v) is 11.3. The maximum Gasteiger partial charge on any atom is 0.188 e. The third kappa shape index (κ3) is 2.71. The number of thiazole rings is 1. The van der Waals surface area contributed by atoms with Crippen LogP contribution in [-0.4, -0.2) is 30.7 Å². The molecule has 92 valence electrons. The lowest BCUT2D eigenvalue weighted by atomic mass is 10.1. The summed E-state index contributed by atoms with van der Waals surface area (Å²) in [7, 11) is 0. The van der Waals surface area contributed by atoms with Crippen LogP contribution in [0, 0.1) is 11.3 Å². The second-order valence-corrected chi connectivity index (χ2v) is 5.35. The van der Waals surface area contributed by atoms with Gasteiger partial charge in [-0.2, -0.15) is 5.26 Å². The largest absolute Gasteiger partial charge is 0.344 e. The Labute approximate surface area is 110 Å². The molecule has 1 aliphatic rings. The van der Waals surface area contributed by atoms with E-state index in [2.05, 4.69) is 28.2 Å². The van der Waals surface area contributed by atoms with Crippen LogP contribution in [0.4, 0.5) is 5.13 Å². The van der Waals surface area contributed by atoms with E-state index < -0.39 is 0 Å². The van der Waals surface area contributed by atoms with Gasteiger partial charge < -0.3 is 10.2 Å². The second-order valence-electron chi connectivity index (χ2n) is 4.01. The van der Waals surface area contributed by atoms with Crippen molar-refractivity contribution >= 4 is 28.1 Å². The van der Waals surface area contributed by atoms with Crippen LogP contribution in [0.3, 0.4) is 0 Å². The van der Waals surface area contributed by atoms with Crippen LogP contribution in [0.25, 0.3) is 0 Å². The molecule has 0 aromatic carbocycles. The first-order chi connectivity index (χ1) is 8.26. The average Bonchev–Trinajstić information content (AvgIpc) is 2.73. The van der Waals surface area contributed by atoms with Gasteiger partial charge in [0.25, 0.3) is 0 Å². The third-order valence-electron chi connectivity index (χ3n) is 2.97. The van der Waals surface area contributed by atoms with E-state index in [4.69, 9.17) is 16.9 Å². The van der Waals surface area contributed by atoms with Gasteiger partial charge >= 0.3 is 0 Å². The van der Waals surface area contributed by atoms with Crippen LogP contribution in [0.5, 0.6) is 0 Å². The molecule has 0 amide bonds. The lowest BCUT2D eigenvalue weighted by molar-refractivity contribution is 0.435. The Morgan fingerprint density at radius 2 is 2.53 bits per heavy atom. The fourth-order valence-electron chi connectivity index (χ4n) is 2.13. The molecule has 2 rings (SSSR count). The molecule has 1 N–H and O–H groups in total. The molecule has 1 saturated heterocycles. The summed E-state index contributed by atoms with van der Waals surface area (Å²) in [4.78, 5) is 7.03. The molecule has 6 heteroatoms. The van der Waals surface area contributed by atoms with Crippen molar-refractivity contribution in [1.82, 2.24) is 10.3 Å². The molecule has 4 nitrogen and oxygen atoms in total. The molecular formula is C11H15ClN4S. The summed E-state index contributed by atoms with van der Waals surface area (Å²) in [5, 5.41) is 13.5. The number of hydrogen-bond donors (Lipinski definition) is 1. The minimum absolute atomic E-state index is 0.328. The van der Waals surface area contributed by atoms with Gasteiger partial charge in [0.1, 0.15) is 10.9 Å². The number of halogens is 1. The molecule has 1 aliphatic heterocycles. The Balaban J connectivity index is 2.19. The number of piperidine rings is 1. The molecule has 0 radical (unpaired) electrons. The van der Waals surface area contributed by atoms with Crippen LogP contribution < -0.4 is 10.2 Å². The molecule has 0 bridgehead atoms. The highest BCUT2D eigenvalue weighted by Gasteiger charge is 2.23. The first kappa shape index (κ1) is 12.6. The van der Waals surface area contributed by atoms with E-state index in [9.17, 15) is 0 Å². The first-order valence-electron chi connectivity index (χ1n) is 5.80. The van der Waals surface area contributed by atoms with Crippen molar-refractivity contribution in [3.63, 3.8) is 0 Å². The number of nitrogens with zero attached hydrogens (tertiary/aromatic N) is 3. The normalized spacial score (nSPS) is 19.9. The summed E-state index contributed by atoms with van der Waals surface area (Å²) < 4.78 is 0. The van der Waals surface area contributed by atoms with Crippen LogP contribution in [0.2, 0.25) is 5.15 Å². The van der Waals surface area contributed by atoms with Gasteiger partial charge in [0, 0.05) is 19.1 Å². The molecule has 0 aliphatic carbocycles. The SMILES string of the molecule is CCN(c1nc(Cl)c(C#N)s1)C1CCCNC1. The number of nitrogens with one attached hydrogen (secondary N) is 1. The Morgan fingerprint density at radius 3 is 3.06 bits per heavy atom. The maximum absolute atomic E-state index is 8.90. The molecule has 1 atom stereocenters. The standard InChI is InChI=1S/C11H15ClN4S/c1-2-16(8-4-3-5-14-7-8)11-15-10(12)9(6-13)17-11/h8,14H,2-5,7H2,1H3. The van der Waals surface area contributed by atoms with Crippen molar-refractivity contribution in [2.45, 2.75) is 25.8 Å². The van der Waals surface area contributed by atoms with Gasteiger partial charge in [-0.1, -0.05) is 22.9 Å². The van der Waals surface area contributed by atoms with Gasteiger partial charge in [-0.25, -0.2) is 4.98 Å². The van der Waals surface area contributed by atoms with Gasteiger partial charge in [0.05, 0.1) is 0 Å². The van der Waals surface area contributed by atoms with Crippen LogP contribution in [0.1, 0.15) is 24.6 Å². The first-order valence-corrected chi connectivity index (χ1v) is 6.99. The van der Waals surface area contributed by atoms with Gasteiger partial charge in [-0.3, -0.25) is 0 Å². The number of anilines is 1. The van der Waals surface area contributed by atoms with E-state index in [0.717, 1.165) is 24.8 Å². The molecule has 0 saturated carbocycles. The Hall–Kier alpha value is -0.830. The summed E-state index contributed by atoms with van der Waals surface area (Å²) in [6, 6.07) is 2.54. The summed E-state index contributed by atoms with van der Waals surface area (Å²) in [6.45, 7) is 5.07. The van der Waals surface area contributed by atoms with Crippen LogP contribution in [0.15, 0.2) is 0 Å². The van der Waals surface area contributed by atoms with Crippen LogP contribution >= 0.6 is 22.9 Å². The summed E-state index contributed by atoms with van der Waals surface area (Å²) in [6.07, 6.45) is 2.35. The third-order valence-corrected chi connectivity index (χ3v) is 4.36. The molecule has 1 aromatic heterocycles. The van der Waals surface area contributed by atoms with Crippen molar-refractivity contribution in [3.8, 4) is 6.07 Å². The van der Waals surface area contributed by atoms with Gasteiger partial charge in [-0.05, 0) is 26.3 Å². The summed E-state index contributed by atoms with van der Waals surface area (Å²) in [5.41, 5.74) is 0. The Bertz CT molecular complexity index is 420. The molecule has 1 unspecified atom stereocenters. The lowest BCUT2D eigenvalue weighted by Gasteiger charge is -2.33. The van der Waals surface area contributed by atoms with Crippen LogP contribution in [-0.2, 0) is 0 Å². The Morgan fingerprint density at radius 1 is 1.71 bits per heavy atom. The van der Waals surface area contributed by atoms with E-state index in [1.54, 1.807) is 0 Å². The van der Waals surface area contributed by atoms with E-state index in [1.807, 2.05) is 0 Å². The molecule has 0 spiro atoms. The summed E-state index contributed by atoms with van der Waals surface area (Å²) in [5.74, 6) is 0. The molecular weight excluding hydrogens is 256 g/mol. The summed E-state index contributed by atoms with van der Waals surface area (Å²) >= 11 is 7.30. The smallest absolute Gasteiger partial charge is 0.188 e. The van der Waals surface area contributed by atoms with Gasteiger partial charge in [0.2, 0.25) is 0 Å². The zero-order valence-electron chi connectivity index (χ0n) is 9.74. The highest BCUT2D eigenvalue weighted by atomic mass is 35.5. The fraction of sp³-hybridized carbons (Fsp3) is 0.636. The lowest BCUT2D eigenvalue weighted by Crippen LogP contribution is -2.46. The van der Waals surface area contributed by atoms with Crippen molar-refractivity contribution in [1.29, 1.82) is 5.26 Å². The molecule has 1 fully saturated rings. The van der Waals surface area contributed by atoms with E-state index in [-0.39, 0.29) is 0 Å². The monoisotopic (exact) mass is 270 g/mol. The van der Waals surface area contributed by atoms with Crippen molar-refractivity contribution in [2.24, 2.45) is 0 Å². The highest BCUT2D eigenvalue weighted by Crippen LogP contribution is 2.30. The predicted octanol–water partition coefficient (Wildman–Crippen LogP) is 2.25. The number of nitriles is 1. The van der Waals surface area contributed by atoms with Crippen molar-refractivity contribution in [2.75, 3.05) is 24.5 Å². The maximum atomic E-state index is 8.90. The van der Waals surface area contributed by atoms with Gasteiger partial charge in [-0.15, -0.1) is 0 Å². The van der Waals surface area contributed by atoms with Gasteiger partial charge in [0.15, 0.2) is 10.3 Å². The highest BCUT2D eigenvalue weighted by molar-refractivity contribution is 7.16. The molecule has 2 heterocycles. The molecule has 17 heavy (non-hydrogen) atoms. The number of hydrogen-bond acceptors (Lipinski definition) is 5. The number of rotatable bonds is 3. The Kier molecular flexibility index (Phi) is 4.21. The van der Waals surface area contributed by atoms with E-state index in [0.29, 0.717) is 16.1 Å². The number of aromatic nitrogens is 1. The average molecular weight is 271 g/mol. The van der Waals surface area contributed by atoms with Crippen molar-refractivity contribution < 1.29 is 0 Å². The minimum Gasteiger partial charge on any atom is -0.344 e. The minimum atomic E-state index is 0.328. The number of likely N-dealkylation sites (N-methyl/N-ethyl adjacent to an activating group) is 1. The predicted molar refractivity (Wildman–Crippen MR) is 70.8 cm³/mol. The topological polar surface area (TPSA) is 52.0 Å². The molecule has 1 aromatic rings.